The van der Waals surface area contributed by atoms with Crippen LogP contribution in [-0.4, -0.2) is 60.0 Å². The van der Waals surface area contributed by atoms with Crippen molar-refractivity contribution in [2.24, 2.45) is 0 Å². The van der Waals surface area contributed by atoms with Gasteiger partial charge >= 0.3 is 0 Å². The number of ether oxygens (including phenoxy) is 1. The van der Waals surface area contributed by atoms with Gasteiger partial charge in [0.15, 0.2) is 0 Å². The molecule has 0 radical (unpaired) electrons. The predicted molar refractivity (Wildman–Crippen MR) is 89.0 cm³/mol. The Bertz CT molecular complexity index is 610. The maximum atomic E-state index is 11.8. The maximum absolute atomic E-state index is 11.8. The minimum absolute atomic E-state index is 0.105. The number of sulfonamides is 1. The van der Waals surface area contributed by atoms with E-state index in [1.807, 2.05) is 24.3 Å². The molecule has 1 heterocycles. The molecule has 1 saturated heterocycles. The fourth-order valence-corrected chi connectivity index (χ4v) is 2.90. The standard InChI is InChI=1S/C15H23N3O4S/c1-16-23(20,21)11-6-17-15(19)12-13-2-4-14(5-3-13)18-7-9-22-10-8-18/h2-5,16H,6-12H2,1H3,(H,17,19). The summed E-state index contributed by atoms with van der Waals surface area (Å²) in [4.78, 5) is 14.1. The molecule has 2 rings (SSSR count). The molecular formula is C15H23N3O4S. The molecule has 1 aromatic rings. The van der Waals surface area contributed by atoms with Crippen LogP contribution in [0.5, 0.6) is 0 Å². The van der Waals surface area contributed by atoms with E-state index in [0.717, 1.165) is 37.6 Å². The van der Waals surface area contributed by atoms with Gasteiger partial charge in [-0.25, -0.2) is 13.1 Å². The zero-order valence-corrected chi connectivity index (χ0v) is 14.1. The first-order valence-electron chi connectivity index (χ1n) is 7.60. The summed E-state index contributed by atoms with van der Waals surface area (Å²) in [6.07, 6.45) is 0.239. The summed E-state index contributed by atoms with van der Waals surface area (Å²) in [7, 11) is -1.93. The van der Waals surface area contributed by atoms with E-state index in [1.165, 1.54) is 7.05 Å². The van der Waals surface area contributed by atoms with Gasteiger partial charge in [0.2, 0.25) is 15.9 Å². The van der Waals surface area contributed by atoms with Crippen molar-refractivity contribution in [1.29, 1.82) is 0 Å². The van der Waals surface area contributed by atoms with Crippen molar-refractivity contribution in [2.75, 3.05) is 50.5 Å². The van der Waals surface area contributed by atoms with Crippen molar-refractivity contribution in [1.82, 2.24) is 10.0 Å². The number of benzene rings is 1. The molecule has 8 heteroatoms. The maximum Gasteiger partial charge on any atom is 0.224 e. The molecule has 1 aliphatic rings. The van der Waals surface area contributed by atoms with Crippen LogP contribution in [0.1, 0.15) is 5.56 Å². The topological polar surface area (TPSA) is 87.7 Å². The second-order valence-electron chi connectivity index (χ2n) is 5.32. The highest BCUT2D eigenvalue weighted by Crippen LogP contribution is 2.16. The monoisotopic (exact) mass is 341 g/mol. The van der Waals surface area contributed by atoms with Crippen LogP contribution >= 0.6 is 0 Å². The number of amides is 1. The first kappa shape index (κ1) is 17.7. The van der Waals surface area contributed by atoms with Gasteiger partial charge in [-0.3, -0.25) is 4.79 Å². The molecule has 2 N–H and O–H groups in total. The van der Waals surface area contributed by atoms with Crippen LogP contribution in [0.4, 0.5) is 5.69 Å². The van der Waals surface area contributed by atoms with Crippen molar-refractivity contribution in [3.05, 3.63) is 29.8 Å². The van der Waals surface area contributed by atoms with Crippen molar-refractivity contribution >= 4 is 21.6 Å². The Morgan fingerprint density at radius 3 is 2.48 bits per heavy atom. The third kappa shape index (κ3) is 5.81. The molecule has 0 bridgehead atoms. The number of rotatable bonds is 7. The molecular weight excluding hydrogens is 318 g/mol. The highest BCUT2D eigenvalue weighted by molar-refractivity contribution is 7.89. The van der Waals surface area contributed by atoms with Gasteiger partial charge in [0.1, 0.15) is 0 Å². The van der Waals surface area contributed by atoms with Gasteiger partial charge in [0.25, 0.3) is 0 Å². The summed E-state index contributed by atoms with van der Waals surface area (Å²) in [6, 6.07) is 7.85. The lowest BCUT2D eigenvalue weighted by molar-refractivity contribution is -0.120. The van der Waals surface area contributed by atoms with Crippen molar-refractivity contribution in [3.8, 4) is 0 Å². The zero-order valence-electron chi connectivity index (χ0n) is 13.2. The van der Waals surface area contributed by atoms with Crippen LogP contribution in [0.25, 0.3) is 0 Å². The summed E-state index contributed by atoms with van der Waals surface area (Å²) in [5.74, 6) is -0.305. The van der Waals surface area contributed by atoms with E-state index in [1.54, 1.807) is 0 Å². The van der Waals surface area contributed by atoms with Crippen molar-refractivity contribution in [3.63, 3.8) is 0 Å². The fourth-order valence-electron chi connectivity index (χ4n) is 2.32. The lowest BCUT2D eigenvalue weighted by Gasteiger charge is -2.28. The van der Waals surface area contributed by atoms with Crippen molar-refractivity contribution < 1.29 is 17.9 Å². The summed E-state index contributed by atoms with van der Waals surface area (Å²) >= 11 is 0. The molecule has 23 heavy (non-hydrogen) atoms. The average molecular weight is 341 g/mol. The number of nitrogens with zero attached hydrogens (tertiary/aromatic N) is 1. The second kappa shape index (κ2) is 8.28. The number of hydrogen-bond acceptors (Lipinski definition) is 5. The summed E-state index contributed by atoms with van der Waals surface area (Å²) < 4.78 is 30.0. The summed E-state index contributed by atoms with van der Waals surface area (Å²) in [5.41, 5.74) is 2.02. The molecule has 0 unspecified atom stereocenters. The summed E-state index contributed by atoms with van der Waals surface area (Å²) in [6.45, 7) is 3.33. The smallest absolute Gasteiger partial charge is 0.224 e. The first-order valence-corrected chi connectivity index (χ1v) is 9.25. The molecule has 0 atom stereocenters. The number of nitrogens with one attached hydrogen (secondary N) is 2. The van der Waals surface area contributed by atoms with Gasteiger partial charge in [-0.15, -0.1) is 0 Å². The first-order chi connectivity index (χ1) is 11.0. The minimum atomic E-state index is -3.29. The van der Waals surface area contributed by atoms with Gasteiger partial charge in [0, 0.05) is 25.3 Å². The normalized spacial score (nSPS) is 15.4. The van der Waals surface area contributed by atoms with E-state index in [2.05, 4.69) is 14.9 Å². The van der Waals surface area contributed by atoms with E-state index in [4.69, 9.17) is 4.74 Å². The number of carbonyl (C=O) groups is 1. The number of carbonyl (C=O) groups excluding carboxylic acids is 1. The quantitative estimate of drug-likeness (QED) is 0.713. The Balaban J connectivity index is 1.79. The summed E-state index contributed by atoms with van der Waals surface area (Å²) in [5, 5.41) is 2.61. The molecule has 0 aliphatic carbocycles. The molecule has 1 aliphatic heterocycles. The van der Waals surface area contributed by atoms with Crippen LogP contribution in [0, 0.1) is 0 Å². The van der Waals surface area contributed by atoms with Crippen LogP contribution in [-0.2, 0) is 26.0 Å². The third-order valence-corrected chi connectivity index (χ3v) is 5.04. The van der Waals surface area contributed by atoms with Gasteiger partial charge in [-0.2, -0.15) is 0 Å². The van der Waals surface area contributed by atoms with Crippen LogP contribution in [0.3, 0.4) is 0 Å². The Labute approximate surface area is 137 Å². The van der Waals surface area contributed by atoms with Crippen LogP contribution in [0.2, 0.25) is 0 Å². The SMILES string of the molecule is CNS(=O)(=O)CCNC(=O)Cc1ccc(N2CCOCC2)cc1. The van der Waals surface area contributed by atoms with E-state index in [0.29, 0.717) is 0 Å². The molecule has 7 nitrogen and oxygen atoms in total. The Morgan fingerprint density at radius 1 is 1.22 bits per heavy atom. The Kier molecular flexibility index (Phi) is 6.37. The fraction of sp³-hybridized carbons (Fsp3) is 0.533. The van der Waals surface area contributed by atoms with Gasteiger partial charge in [-0.1, -0.05) is 12.1 Å². The van der Waals surface area contributed by atoms with Crippen molar-refractivity contribution in [2.45, 2.75) is 6.42 Å². The van der Waals surface area contributed by atoms with Gasteiger partial charge < -0.3 is 15.0 Å². The van der Waals surface area contributed by atoms with Gasteiger partial charge in [-0.05, 0) is 24.7 Å². The molecule has 128 valence electrons. The highest BCUT2D eigenvalue weighted by Gasteiger charge is 2.12. The highest BCUT2D eigenvalue weighted by atomic mass is 32.2. The lowest BCUT2D eigenvalue weighted by atomic mass is 10.1. The minimum Gasteiger partial charge on any atom is -0.378 e. The zero-order chi connectivity index (χ0) is 16.7. The van der Waals surface area contributed by atoms with E-state index >= 15 is 0 Å². The lowest BCUT2D eigenvalue weighted by Crippen LogP contribution is -2.36. The molecule has 1 aromatic carbocycles. The second-order valence-corrected chi connectivity index (χ2v) is 7.36. The molecule has 1 fully saturated rings. The number of morpholine rings is 1. The molecule has 1 amide bonds. The number of hydrogen-bond donors (Lipinski definition) is 2. The number of anilines is 1. The Morgan fingerprint density at radius 2 is 1.87 bits per heavy atom. The van der Waals surface area contributed by atoms with E-state index < -0.39 is 10.0 Å². The largest absolute Gasteiger partial charge is 0.378 e. The third-order valence-electron chi connectivity index (χ3n) is 3.68. The average Bonchev–Trinajstić information content (AvgIpc) is 2.56. The van der Waals surface area contributed by atoms with E-state index in [9.17, 15) is 13.2 Å². The molecule has 0 aromatic heterocycles. The predicted octanol–water partition coefficient (Wildman–Crippen LogP) is -0.269. The van der Waals surface area contributed by atoms with Crippen LogP contribution in [0.15, 0.2) is 24.3 Å². The van der Waals surface area contributed by atoms with E-state index in [-0.39, 0.29) is 24.6 Å². The Hall–Kier alpha value is -1.64. The van der Waals surface area contributed by atoms with Gasteiger partial charge in [0.05, 0.1) is 25.4 Å². The molecule has 0 saturated carbocycles. The van der Waals surface area contributed by atoms with Crippen LogP contribution < -0.4 is 14.9 Å². The molecule has 0 spiro atoms.